The Hall–Kier alpha value is -3.97. The number of ether oxygens (including phenoxy) is 2. The fraction of sp³-hybridized carbons (Fsp3) is 0.185. The number of carbonyl (C=O) groups is 2. The number of rotatable bonds is 6. The quantitative estimate of drug-likeness (QED) is 0.295. The largest absolute Gasteiger partial charge is 0.507 e. The van der Waals surface area contributed by atoms with E-state index in [4.69, 9.17) is 21.1 Å². The number of hydrogen-bond donors (Lipinski definition) is 1. The van der Waals surface area contributed by atoms with Gasteiger partial charge in [0.2, 0.25) is 0 Å². The number of anilines is 2. The number of Topliss-reactive ketones (excluding diaryl/α,β-unsaturated/α-hetero) is 1. The molecule has 35 heavy (non-hydrogen) atoms. The lowest BCUT2D eigenvalue weighted by molar-refractivity contribution is -0.132. The minimum atomic E-state index is -0.861. The highest BCUT2D eigenvalue weighted by atomic mass is 35.5. The Morgan fingerprint density at radius 3 is 2.11 bits per heavy atom. The van der Waals surface area contributed by atoms with Gasteiger partial charge in [-0.25, -0.2) is 0 Å². The number of aliphatic hydroxyl groups is 1. The predicted molar refractivity (Wildman–Crippen MR) is 137 cm³/mol. The number of halogens is 1. The molecule has 8 heteroatoms. The second-order valence-corrected chi connectivity index (χ2v) is 8.64. The monoisotopic (exact) mass is 492 g/mol. The van der Waals surface area contributed by atoms with E-state index >= 15 is 0 Å². The lowest BCUT2D eigenvalue weighted by atomic mass is 9.95. The molecule has 0 aromatic heterocycles. The van der Waals surface area contributed by atoms with Crippen LogP contribution in [0.25, 0.3) is 5.76 Å². The molecule has 1 aliphatic rings. The molecule has 3 aromatic rings. The zero-order valence-corrected chi connectivity index (χ0v) is 20.5. The van der Waals surface area contributed by atoms with Crippen molar-refractivity contribution >= 4 is 40.4 Å². The molecule has 4 rings (SSSR count). The summed E-state index contributed by atoms with van der Waals surface area (Å²) in [4.78, 5) is 30.0. The van der Waals surface area contributed by atoms with Gasteiger partial charge in [-0.2, -0.15) is 0 Å². The average Bonchev–Trinajstić information content (AvgIpc) is 3.13. The van der Waals surface area contributed by atoms with Crippen molar-refractivity contribution in [2.45, 2.75) is 6.04 Å². The molecule has 1 N–H and O–H groups in total. The van der Waals surface area contributed by atoms with Crippen LogP contribution in [-0.4, -0.2) is 45.1 Å². The topological polar surface area (TPSA) is 79.3 Å². The second kappa shape index (κ2) is 9.72. The molecule has 1 atom stereocenters. The van der Waals surface area contributed by atoms with Crippen LogP contribution in [0.2, 0.25) is 5.02 Å². The highest BCUT2D eigenvalue weighted by molar-refractivity contribution is 6.51. The zero-order valence-electron chi connectivity index (χ0n) is 19.8. The summed E-state index contributed by atoms with van der Waals surface area (Å²) >= 11 is 6.00. The Kier molecular flexibility index (Phi) is 6.71. The van der Waals surface area contributed by atoms with Crippen molar-refractivity contribution < 1.29 is 24.2 Å². The lowest BCUT2D eigenvalue weighted by Crippen LogP contribution is -2.29. The number of methoxy groups -OCH3 is 2. The molecule has 0 aliphatic carbocycles. The molecule has 1 aliphatic heterocycles. The molecular weight excluding hydrogens is 468 g/mol. The molecule has 1 heterocycles. The van der Waals surface area contributed by atoms with Gasteiger partial charge in [0.15, 0.2) is 11.5 Å². The van der Waals surface area contributed by atoms with Gasteiger partial charge in [0, 0.05) is 42.1 Å². The van der Waals surface area contributed by atoms with Crippen LogP contribution in [0.4, 0.5) is 11.4 Å². The fourth-order valence-corrected chi connectivity index (χ4v) is 4.23. The Balaban J connectivity index is 1.93. The number of benzene rings is 3. The van der Waals surface area contributed by atoms with Gasteiger partial charge in [0.05, 0.1) is 25.8 Å². The van der Waals surface area contributed by atoms with Crippen LogP contribution in [0.5, 0.6) is 11.5 Å². The summed E-state index contributed by atoms with van der Waals surface area (Å²) in [5.74, 6) is -0.916. The van der Waals surface area contributed by atoms with Crippen LogP contribution in [0.3, 0.4) is 0 Å². The molecule has 0 saturated carbocycles. The molecule has 0 spiro atoms. The van der Waals surface area contributed by atoms with E-state index < -0.39 is 17.7 Å². The van der Waals surface area contributed by atoms with E-state index in [1.807, 2.05) is 43.3 Å². The van der Waals surface area contributed by atoms with Crippen LogP contribution < -0.4 is 19.3 Å². The summed E-state index contributed by atoms with van der Waals surface area (Å²) < 4.78 is 10.7. The van der Waals surface area contributed by atoms with Crippen molar-refractivity contribution in [2.75, 3.05) is 38.1 Å². The summed E-state index contributed by atoms with van der Waals surface area (Å²) in [6.45, 7) is 0. The van der Waals surface area contributed by atoms with Gasteiger partial charge in [-0.05, 0) is 54.1 Å². The third-order valence-electron chi connectivity index (χ3n) is 5.93. The number of nitrogens with zero attached hydrogens (tertiary/aromatic N) is 2. The molecule has 7 nitrogen and oxygen atoms in total. The minimum absolute atomic E-state index is 0.00953. The Bertz CT molecular complexity index is 1300. The highest BCUT2D eigenvalue weighted by Gasteiger charge is 2.47. The number of amides is 1. The van der Waals surface area contributed by atoms with E-state index in [0.29, 0.717) is 33.3 Å². The molecule has 180 valence electrons. The van der Waals surface area contributed by atoms with E-state index in [1.165, 1.54) is 19.1 Å². The Morgan fingerprint density at radius 2 is 1.54 bits per heavy atom. The van der Waals surface area contributed by atoms with Gasteiger partial charge in [0.25, 0.3) is 11.7 Å². The maximum Gasteiger partial charge on any atom is 0.300 e. The Morgan fingerprint density at radius 1 is 0.914 bits per heavy atom. The molecule has 1 fully saturated rings. The molecule has 1 unspecified atom stereocenters. The number of carbonyl (C=O) groups excluding carboxylic acids is 2. The zero-order chi connectivity index (χ0) is 25.3. The third kappa shape index (κ3) is 4.42. The Labute approximate surface area is 208 Å². The van der Waals surface area contributed by atoms with Crippen LogP contribution >= 0.6 is 11.6 Å². The first-order valence-corrected chi connectivity index (χ1v) is 11.2. The first-order valence-electron chi connectivity index (χ1n) is 10.8. The smallest absolute Gasteiger partial charge is 0.300 e. The van der Waals surface area contributed by atoms with Crippen LogP contribution in [-0.2, 0) is 9.59 Å². The van der Waals surface area contributed by atoms with E-state index in [1.54, 1.807) is 42.5 Å². The van der Waals surface area contributed by atoms with Gasteiger partial charge < -0.3 is 19.5 Å². The first kappa shape index (κ1) is 24.2. The summed E-state index contributed by atoms with van der Waals surface area (Å²) in [7, 11) is 6.85. The number of aliphatic hydroxyl groups excluding tert-OH is 1. The van der Waals surface area contributed by atoms with E-state index in [0.717, 1.165) is 5.69 Å². The summed E-state index contributed by atoms with van der Waals surface area (Å²) in [6.07, 6.45) is 0. The molecule has 0 bridgehead atoms. The second-order valence-electron chi connectivity index (χ2n) is 8.20. The standard InChI is InChI=1S/C27H25ClN2O5/c1-29(2)19-11-7-16(8-12-19)24-23(25(31)17-5-9-18(28)10-6-17)26(32)27(33)30(24)20-13-14-21(34-3)22(15-20)35-4/h5-15,24,31H,1-4H3/b25-23+. The van der Waals surface area contributed by atoms with Gasteiger partial charge in [-0.3, -0.25) is 14.5 Å². The number of hydrogen-bond acceptors (Lipinski definition) is 6. The average molecular weight is 493 g/mol. The maximum absolute atomic E-state index is 13.3. The maximum atomic E-state index is 13.3. The molecule has 1 saturated heterocycles. The van der Waals surface area contributed by atoms with E-state index in [2.05, 4.69) is 0 Å². The van der Waals surface area contributed by atoms with Crippen LogP contribution in [0, 0.1) is 0 Å². The van der Waals surface area contributed by atoms with Crippen LogP contribution in [0.1, 0.15) is 17.2 Å². The van der Waals surface area contributed by atoms with Crippen molar-refractivity contribution in [1.29, 1.82) is 0 Å². The van der Waals surface area contributed by atoms with Gasteiger partial charge in [0.1, 0.15) is 5.76 Å². The van der Waals surface area contributed by atoms with Crippen molar-refractivity contribution in [1.82, 2.24) is 0 Å². The van der Waals surface area contributed by atoms with Crippen molar-refractivity contribution in [3.05, 3.63) is 88.5 Å². The predicted octanol–water partition coefficient (Wildman–Crippen LogP) is 5.05. The molecule has 3 aromatic carbocycles. The van der Waals surface area contributed by atoms with E-state index in [-0.39, 0.29) is 11.3 Å². The normalized spacial score (nSPS) is 16.9. The molecular formula is C27H25ClN2O5. The summed E-state index contributed by atoms with van der Waals surface area (Å²) in [5.41, 5.74) is 2.43. The van der Waals surface area contributed by atoms with E-state index in [9.17, 15) is 14.7 Å². The molecule has 1 amide bonds. The highest BCUT2D eigenvalue weighted by Crippen LogP contribution is 2.44. The summed E-state index contributed by atoms with van der Waals surface area (Å²) in [5, 5.41) is 11.7. The van der Waals surface area contributed by atoms with Crippen molar-refractivity contribution in [2.24, 2.45) is 0 Å². The van der Waals surface area contributed by atoms with Crippen LogP contribution in [0.15, 0.2) is 72.3 Å². The van der Waals surface area contributed by atoms with Gasteiger partial charge >= 0.3 is 0 Å². The molecule has 0 radical (unpaired) electrons. The van der Waals surface area contributed by atoms with Gasteiger partial charge in [-0.15, -0.1) is 0 Å². The lowest BCUT2D eigenvalue weighted by Gasteiger charge is -2.26. The number of ketones is 1. The van der Waals surface area contributed by atoms with Gasteiger partial charge in [-0.1, -0.05) is 23.7 Å². The van der Waals surface area contributed by atoms with Crippen molar-refractivity contribution in [3.63, 3.8) is 0 Å². The summed E-state index contributed by atoms with van der Waals surface area (Å²) in [6, 6.07) is 18.0. The third-order valence-corrected chi connectivity index (χ3v) is 6.18. The minimum Gasteiger partial charge on any atom is -0.507 e. The first-order chi connectivity index (χ1) is 16.8. The van der Waals surface area contributed by atoms with Crippen molar-refractivity contribution in [3.8, 4) is 11.5 Å². The fourth-order valence-electron chi connectivity index (χ4n) is 4.11. The SMILES string of the molecule is COc1ccc(N2C(=O)C(=O)/C(=C(/O)c3ccc(Cl)cc3)C2c2ccc(N(C)C)cc2)cc1OC.